The van der Waals surface area contributed by atoms with Crippen molar-refractivity contribution in [1.29, 1.82) is 0 Å². The van der Waals surface area contributed by atoms with Crippen LogP contribution in [0.4, 0.5) is 4.79 Å². The third-order valence-corrected chi connectivity index (χ3v) is 3.57. The summed E-state index contributed by atoms with van der Waals surface area (Å²) in [5.41, 5.74) is 0.982. The maximum atomic E-state index is 12.1. The van der Waals surface area contributed by atoms with Crippen LogP contribution in [0, 0.1) is 5.92 Å². The van der Waals surface area contributed by atoms with Crippen LogP contribution in [0.1, 0.15) is 18.5 Å². The van der Waals surface area contributed by atoms with Crippen molar-refractivity contribution in [2.24, 2.45) is 5.92 Å². The monoisotopic (exact) mass is 320 g/mol. The number of carbonyl (C=O) groups excluding carboxylic acids is 2. The molecule has 0 aromatic heterocycles. The number of carbonyl (C=O) groups is 2. The standard InChI is InChI=1S/C16H20N2O5/c1-5-23-11-7-6-10(8-12(11)21-3)14-13(15(19)22-4)9(2)17-16(20)18-14/h6-8,13-14H,2,5H2,1,3-4H3,(H2,17,18,20). The first kappa shape index (κ1) is 16.7. The Morgan fingerprint density at radius 1 is 1.30 bits per heavy atom. The van der Waals surface area contributed by atoms with E-state index in [0.29, 0.717) is 29.4 Å². The molecular weight excluding hydrogens is 300 g/mol. The molecule has 0 radical (unpaired) electrons. The zero-order valence-electron chi connectivity index (χ0n) is 13.3. The SMILES string of the molecule is C=C1NC(=O)NC(c2ccc(OCC)c(OC)c2)C1C(=O)OC. The van der Waals surface area contributed by atoms with E-state index < -0.39 is 24.0 Å². The summed E-state index contributed by atoms with van der Waals surface area (Å²) in [6.45, 7) is 6.13. The molecule has 1 fully saturated rings. The Bertz CT molecular complexity index is 629. The van der Waals surface area contributed by atoms with Gasteiger partial charge in [0.05, 0.1) is 26.9 Å². The highest BCUT2D eigenvalue weighted by molar-refractivity contribution is 5.85. The second kappa shape index (κ2) is 7.04. The van der Waals surface area contributed by atoms with E-state index in [0.717, 1.165) is 0 Å². The van der Waals surface area contributed by atoms with Crippen molar-refractivity contribution in [1.82, 2.24) is 10.6 Å². The lowest BCUT2D eigenvalue weighted by molar-refractivity contribution is -0.145. The summed E-state index contributed by atoms with van der Waals surface area (Å²) in [6.07, 6.45) is 0. The molecule has 1 saturated heterocycles. The highest BCUT2D eigenvalue weighted by Crippen LogP contribution is 2.35. The molecule has 1 aliphatic rings. The van der Waals surface area contributed by atoms with Crippen LogP contribution in [0.5, 0.6) is 11.5 Å². The predicted molar refractivity (Wildman–Crippen MR) is 83.2 cm³/mol. The van der Waals surface area contributed by atoms with E-state index in [9.17, 15) is 9.59 Å². The van der Waals surface area contributed by atoms with Gasteiger partial charge in [0.1, 0.15) is 5.92 Å². The summed E-state index contributed by atoms with van der Waals surface area (Å²) in [7, 11) is 2.82. The van der Waals surface area contributed by atoms with Gasteiger partial charge >= 0.3 is 12.0 Å². The minimum absolute atomic E-state index is 0.290. The van der Waals surface area contributed by atoms with Gasteiger partial charge in [-0.05, 0) is 24.6 Å². The van der Waals surface area contributed by atoms with Gasteiger partial charge in [0.25, 0.3) is 0 Å². The van der Waals surface area contributed by atoms with Crippen molar-refractivity contribution in [3.05, 3.63) is 36.0 Å². The van der Waals surface area contributed by atoms with Crippen LogP contribution in [-0.4, -0.2) is 32.8 Å². The van der Waals surface area contributed by atoms with Crippen LogP contribution in [0.3, 0.4) is 0 Å². The van der Waals surface area contributed by atoms with E-state index in [-0.39, 0.29) is 0 Å². The number of ether oxygens (including phenoxy) is 3. The summed E-state index contributed by atoms with van der Waals surface area (Å²) >= 11 is 0. The van der Waals surface area contributed by atoms with E-state index in [1.807, 2.05) is 6.92 Å². The lowest BCUT2D eigenvalue weighted by Gasteiger charge is -2.33. The number of urea groups is 1. The Labute approximate surface area is 134 Å². The third-order valence-electron chi connectivity index (χ3n) is 3.57. The maximum absolute atomic E-state index is 12.1. The Balaban J connectivity index is 2.41. The molecule has 7 nitrogen and oxygen atoms in total. The smallest absolute Gasteiger partial charge is 0.319 e. The number of amides is 2. The molecule has 0 aliphatic carbocycles. The molecule has 0 spiro atoms. The van der Waals surface area contributed by atoms with Crippen LogP contribution < -0.4 is 20.1 Å². The van der Waals surface area contributed by atoms with Gasteiger partial charge in [0.15, 0.2) is 11.5 Å². The highest BCUT2D eigenvalue weighted by atomic mass is 16.5. The molecule has 2 rings (SSSR count). The number of nitrogens with one attached hydrogen (secondary N) is 2. The van der Waals surface area contributed by atoms with Crippen LogP contribution in [-0.2, 0) is 9.53 Å². The Morgan fingerprint density at radius 3 is 2.65 bits per heavy atom. The number of methoxy groups -OCH3 is 2. The second-order valence-corrected chi connectivity index (χ2v) is 4.95. The van der Waals surface area contributed by atoms with E-state index >= 15 is 0 Å². The fraction of sp³-hybridized carbons (Fsp3) is 0.375. The van der Waals surface area contributed by atoms with Gasteiger partial charge in [0, 0.05) is 5.70 Å². The first-order valence-electron chi connectivity index (χ1n) is 7.16. The highest BCUT2D eigenvalue weighted by Gasteiger charge is 2.38. The normalized spacial score (nSPS) is 20.3. The lowest BCUT2D eigenvalue weighted by atomic mass is 9.89. The molecule has 2 N–H and O–H groups in total. The Kier molecular flexibility index (Phi) is 5.10. The number of hydrogen-bond donors (Lipinski definition) is 2. The first-order chi connectivity index (χ1) is 11.0. The fourth-order valence-corrected chi connectivity index (χ4v) is 2.52. The Hall–Kier alpha value is -2.70. The van der Waals surface area contributed by atoms with Crippen LogP contribution in [0.2, 0.25) is 0 Å². The van der Waals surface area contributed by atoms with E-state index in [2.05, 4.69) is 17.2 Å². The third kappa shape index (κ3) is 3.39. The average Bonchev–Trinajstić information content (AvgIpc) is 2.54. The molecule has 1 aliphatic heterocycles. The van der Waals surface area contributed by atoms with Gasteiger partial charge in [-0.25, -0.2) is 4.79 Å². The zero-order valence-corrected chi connectivity index (χ0v) is 13.3. The number of benzene rings is 1. The van der Waals surface area contributed by atoms with E-state index in [1.165, 1.54) is 14.2 Å². The quantitative estimate of drug-likeness (QED) is 0.807. The van der Waals surface area contributed by atoms with Crippen LogP contribution in [0.15, 0.2) is 30.5 Å². The van der Waals surface area contributed by atoms with Crippen molar-refractivity contribution in [3.63, 3.8) is 0 Å². The van der Waals surface area contributed by atoms with Gasteiger partial charge < -0.3 is 24.8 Å². The first-order valence-corrected chi connectivity index (χ1v) is 7.16. The van der Waals surface area contributed by atoms with Gasteiger partial charge in [0.2, 0.25) is 0 Å². The topological polar surface area (TPSA) is 85.9 Å². The summed E-state index contributed by atoms with van der Waals surface area (Å²) in [5.74, 6) is -0.112. The van der Waals surface area contributed by atoms with Gasteiger partial charge in [-0.2, -0.15) is 0 Å². The largest absolute Gasteiger partial charge is 0.493 e. The Morgan fingerprint density at radius 2 is 2.04 bits per heavy atom. The maximum Gasteiger partial charge on any atom is 0.319 e. The minimum Gasteiger partial charge on any atom is -0.493 e. The molecule has 23 heavy (non-hydrogen) atoms. The molecule has 1 heterocycles. The molecular formula is C16H20N2O5. The minimum atomic E-state index is -0.736. The molecule has 2 unspecified atom stereocenters. The summed E-state index contributed by atoms with van der Waals surface area (Å²) < 4.78 is 15.6. The van der Waals surface area contributed by atoms with Crippen molar-refractivity contribution < 1.29 is 23.8 Å². The van der Waals surface area contributed by atoms with Crippen LogP contribution >= 0.6 is 0 Å². The number of rotatable bonds is 5. The molecule has 0 bridgehead atoms. The summed E-state index contributed by atoms with van der Waals surface area (Å²) in [5, 5.41) is 5.23. The average molecular weight is 320 g/mol. The van der Waals surface area contributed by atoms with Crippen molar-refractivity contribution >= 4 is 12.0 Å². The van der Waals surface area contributed by atoms with E-state index in [4.69, 9.17) is 14.2 Å². The number of hydrogen-bond acceptors (Lipinski definition) is 5. The molecule has 7 heteroatoms. The van der Waals surface area contributed by atoms with Crippen molar-refractivity contribution in [2.75, 3.05) is 20.8 Å². The van der Waals surface area contributed by atoms with Crippen LogP contribution in [0.25, 0.3) is 0 Å². The second-order valence-electron chi connectivity index (χ2n) is 4.95. The fourth-order valence-electron chi connectivity index (χ4n) is 2.52. The van der Waals surface area contributed by atoms with Gasteiger partial charge in [-0.15, -0.1) is 0 Å². The lowest BCUT2D eigenvalue weighted by Crippen LogP contribution is -2.51. The predicted octanol–water partition coefficient (Wildman–Crippen LogP) is 1.75. The van der Waals surface area contributed by atoms with Crippen molar-refractivity contribution in [3.8, 4) is 11.5 Å². The summed E-state index contributed by atoms with van der Waals surface area (Å²) in [6, 6.07) is 4.21. The molecule has 2 amide bonds. The zero-order chi connectivity index (χ0) is 17.0. The molecule has 1 aromatic rings. The molecule has 2 atom stereocenters. The molecule has 0 saturated carbocycles. The molecule has 1 aromatic carbocycles. The van der Waals surface area contributed by atoms with Gasteiger partial charge in [-0.3, -0.25) is 4.79 Å². The van der Waals surface area contributed by atoms with Crippen molar-refractivity contribution in [2.45, 2.75) is 13.0 Å². The van der Waals surface area contributed by atoms with Gasteiger partial charge in [-0.1, -0.05) is 12.6 Å². The number of esters is 1. The molecule has 124 valence electrons. The van der Waals surface area contributed by atoms with E-state index in [1.54, 1.807) is 18.2 Å². The summed E-state index contributed by atoms with van der Waals surface area (Å²) in [4.78, 5) is 23.8.